The molecule has 0 bridgehead atoms. The summed E-state index contributed by atoms with van der Waals surface area (Å²) in [5, 5.41) is 0. The fourth-order valence-corrected chi connectivity index (χ4v) is 6.89. The molecule has 1 aliphatic heterocycles. The summed E-state index contributed by atoms with van der Waals surface area (Å²) in [7, 11) is -7.55. The number of hydrogen-bond acceptors (Lipinski definition) is 6. The zero-order valence-electron chi connectivity index (χ0n) is 20.0. The summed E-state index contributed by atoms with van der Waals surface area (Å²) < 4.78 is 66.7. The van der Waals surface area contributed by atoms with E-state index in [1.807, 2.05) is 31.2 Å². The Morgan fingerprint density at radius 3 is 1.88 bits per heavy atom. The highest BCUT2D eigenvalue weighted by Gasteiger charge is 2.30. The lowest BCUT2D eigenvalue weighted by molar-refractivity contribution is 0.0926. The van der Waals surface area contributed by atoms with E-state index in [9.17, 15) is 16.8 Å². The molecule has 34 heavy (non-hydrogen) atoms. The lowest BCUT2D eigenvalue weighted by Crippen LogP contribution is -2.37. The molecule has 0 N–H and O–H groups in total. The first-order valence-corrected chi connectivity index (χ1v) is 14.5. The van der Waals surface area contributed by atoms with Crippen LogP contribution in [0.1, 0.15) is 39.2 Å². The van der Waals surface area contributed by atoms with Crippen molar-refractivity contribution < 1.29 is 26.3 Å². The lowest BCUT2D eigenvalue weighted by atomic mass is 10.2. The third kappa shape index (κ3) is 6.17. The minimum atomic E-state index is -3.89. The molecule has 1 saturated heterocycles. The zero-order valence-corrected chi connectivity index (χ0v) is 21.6. The molecule has 1 heterocycles. The molecule has 188 valence electrons. The number of ether oxygens (including phenoxy) is 2. The maximum absolute atomic E-state index is 13.6. The number of hydrogen-bond donors (Lipinski definition) is 0. The van der Waals surface area contributed by atoms with Crippen molar-refractivity contribution in [1.29, 1.82) is 0 Å². The molecule has 0 saturated carbocycles. The molecule has 1 fully saturated rings. The predicted molar refractivity (Wildman–Crippen MR) is 131 cm³/mol. The first-order chi connectivity index (χ1) is 16.2. The minimum absolute atomic E-state index is 0.0509. The van der Waals surface area contributed by atoms with Gasteiger partial charge in [0.2, 0.25) is 20.0 Å². The Bertz CT molecular complexity index is 1120. The molecule has 0 radical (unpaired) electrons. The standard InChI is InChI=1S/C24H34N2O6S2/c1-4-25(5-2)33(27,28)23-13-15-24(16-14-23)34(29,30)26(19-22-8-7-17-32-22)18-20-9-11-21(12-10-20)31-6-3/h9-16,22H,4-8,17-19H2,1-3H3/t22-/m1/s1. The largest absolute Gasteiger partial charge is 0.494 e. The Morgan fingerprint density at radius 1 is 0.853 bits per heavy atom. The van der Waals surface area contributed by atoms with E-state index in [0.717, 1.165) is 24.2 Å². The molecule has 0 unspecified atom stereocenters. The van der Waals surface area contributed by atoms with Gasteiger partial charge in [-0.15, -0.1) is 0 Å². The van der Waals surface area contributed by atoms with Crippen LogP contribution in [-0.4, -0.2) is 64.4 Å². The lowest BCUT2D eigenvalue weighted by Gasteiger charge is -2.25. The van der Waals surface area contributed by atoms with Gasteiger partial charge in [0, 0.05) is 32.8 Å². The molecule has 3 rings (SSSR count). The van der Waals surface area contributed by atoms with Crippen LogP contribution in [-0.2, 0) is 31.3 Å². The van der Waals surface area contributed by atoms with Crippen molar-refractivity contribution in [2.75, 3.05) is 32.8 Å². The fraction of sp³-hybridized carbons (Fsp3) is 0.500. The summed E-state index contributed by atoms with van der Waals surface area (Å²) in [6.45, 7) is 7.71. The summed E-state index contributed by atoms with van der Waals surface area (Å²) in [4.78, 5) is 0.127. The highest BCUT2D eigenvalue weighted by atomic mass is 32.2. The van der Waals surface area contributed by atoms with E-state index >= 15 is 0 Å². The molecule has 2 aromatic carbocycles. The van der Waals surface area contributed by atoms with E-state index in [0.29, 0.717) is 26.3 Å². The molecule has 0 amide bonds. The maximum atomic E-state index is 13.6. The number of sulfonamides is 2. The Hall–Kier alpha value is -1.98. The van der Waals surface area contributed by atoms with Gasteiger partial charge >= 0.3 is 0 Å². The van der Waals surface area contributed by atoms with Crippen LogP contribution in [0.2, 0.25) is 0 Å². The summed E-state index contributed by atoms with van der Waals surface area (Å²) >= 11 is 0. The van der Waals surface area contributed by atoms with E-state index in [2.05, 4.69) is 0 Å². The Morgan fingerprint density at radius 2 is 1.41 bits per heavy atom. The Kier molecular flexibility index (Phi) is 9.11. The first-order valence-electron chi connectivity index (χ1n) is 11.7. The molecule has 2 aromatic rings. The van der Waals surface area contributed by atoms with Gasteiger partial charge in [0.05, 0.1) is 22.5 Å². The smallest absolute Gasteiger partial charge is 0.243 e. The van der Waals surface area contributed by atoms with Crippen LogP contribution >= 0.6 is 0 Å². The molecule has 0 spiro atoms. The second-order valence-corrected chi connectivity index (χ2v) is 11.9. The molecule has 8 nitrogen and oxygen atoms in total. The van der Waals surface area contributed by atoms with Gasteiger partial charge in [0.25, 0.3) is 0 Å². The second-order valence-electron chi connectivity index (χ2n) is 8.07. The van der Waals surface area contributed by atoms with E-state index < -0.39 is 20.0 Å². The van der Waals surface area contributed by atoms with Crippen LogP contribution in [0.15, 0.2) is 58.3 Å². The average molecular weight is 511 g/mol. The van der Waals surface area contributed by atoms with Crippen LogP contribution in [0.25, 0.3) is 0 Å². The first kappa shape index (κ1) is 26.6. The number of benzene rings is 2. The summed E-state index contributed by atoms with van der Waals surface area (Å²) in [6, 6.07) is 12.8. The molecule has 0 aliphatic carbocycles. The Balaban J connectivity index is 1.88. The molecule has 10 heteroatoms. The van der Waals surface area contributed by atoms with Crippen LogP contribution in [0, 0.1) is 0 Å². The third-order valence-corrected chi connectivity index (χ3v) is 9.72. The van der Waals surface area contributed by atoms with Crippen LogP contribution in [0.4, 0.5) is 0 Å². The van der Waals surface area contributed by atoms with Gasteiger partial charge < -0.3 is 9.47 Å². The highest BCUT2D eigenvalue weighted by molar-refractivity contribution is 7.89. The van der Waals surface area contributed by atoms with Crippen LogP contribution in [0.3, 0.4) is 0 Å². The van der Waals surface area contributed by atoms with Crippen molar-refractivity contribution in [3.63, 3.8) is 0 Å². The van der Waals surface area contributed by atoms with Crippen LogP contribution < -0.4 is 4.74 Å². The van der Waals surface area contributed by atoms with Gasteiger partial charge in [-0.25, -0.2) is 16.8 Å². The monoisotopic (exact) mass is 510 g/mol. The van der Waals surface area contributed by atoms with Crippen molar-refractivity contribution in [2.24, 2.45) is 0 Å². The van der Waals surface area contributed by atoms with Gasteiger partial charge in [-0.05, 0) is 61.7 Å². The normalized spacial score (nSPS) is 16.9. The Labute approximate surface area is 203 Å². The van der Waals surface area contributed by atoms with Gasteiger partial charge in [-0.1, -0.05) is 26.0 Å². The third-order valence-electron chi connectivity index (χ3n) is 5.83. The van der Waals surface area contributed by atoms with Gasteiger partial charge in [0.1, 0.15) is 5.75 Å². The fourth-order valence-electron chi connectivity index (χ4n) is 3.97. The topological polar surface area (TPSA) is 93.2 Å². The highest BCUT2D eigenvalue weighted by Crippen LogP contribution is 2.25. The molecular weight excluding hydrogens is 476 g/mol. The zero-order chi connectivity index (χ0) is 24.8. The summed E-state index contributed by atoms with van der Waals surface area (Å²) in [5.41, 5.74) is 0.825. The molecular formula is C24H34N2O6S2. The van der Waals surface area contributed by atoms with Gasteiger partial charge in [-0.2, -0.15) is 8.61 Å². The van der Waals surface area contributed by atoms with Crippen molar-refractivity contribution >= 4 is 20.0 Å². The summed E-state index contributed by atoms with van der Waals surface area (Å²) in [5.74, 6) is 0.727. The van der Waals surface area contributed by atoms with E-state index in [1.54, 1.807) is 13.8 Å². The quantitative estimate of drug-likeness (QED) is 0.434. The van der Waals surface area contributed by atoms with E-state index in [4.69, 9.17) is 9.47 Å². The number of rotatable bonds is 12. The SMILES string of the molecule is CCOc1ccc(CN(C[C@H]2CCCO2)S(=O)(=O)c2ccc(S(=O)(=O)N(CC)CC)cc2)cc1. The second kappa shape index (κ2) is 11.6. The van der Waals surface area contributed by atoms with Crippen LogP contribution in [0.5, 0.6) is 5.75 Å². The maximum Gasteiger partial charge on any atom is 0.243 e. The van der Waals surface area contributed by atoms with Crippen molar-refractivity contribution in [3.05, 3.63) is 54.1 Å². The van der Waals surface area contributed by atoms with Gasteiger partial charge in [-0.3, -0.25) is 0 Å². The van der Waals surface area contributed by atoms with E-state index in [-0.39, 0.29) is 29.0 Å². The number of nitrogens with zero attached hydrogens (tertiary/aromatic N) is 2. The average Bonchev–Trinajstić information content (AvgIpc) is 3.34. The minimum Gasteiger partial charge on any atom is -0.494 e. The predicted octanol–water partition coefficient (Wildman–Crippen LogP) is 3.49. The van der Waals surface area contributed by atoms with E-state index in [1.165, 1.54) is 32.9 Å². The summed E-state index contributed by atoms with van der Waals surface area (Å²) in [6.07, 6.45) is 1.54. The van der Waals surface area contributed by atoms with Crippen molar-refractivity contribution in [3.8, 4) is 5.75 Å². The molecule has 1 aliphatic rings. The van der Waals surface area contributed by atoms with Gasteiger partial charge in [0.15, 0.2) is 0 Å². The molecule has 0 aromatic heterocycles. The molecule has 1 atom stereocenters. The van der Waals surface area contributed by atoms with Crippen molar-refractivity contribution in [2.45, 2.75) is 56.1 Å². The van der Waals surface area contributed by atoms with Crippen molar-refractivity contribution in [1.82, 2.24) is 8.61 Å².